The summed E-state index contributed by atoms with van der Waals surface area (Å²) in [6.45, 7) is 3.34. The van der Waals surface area contributed by atoms with Gasteiger partial charge in [-0.15, -0.1) is 0 Å². The van der Waals surface area contributed by atoms with Crippen LogP contribution in [0.25, 0.3) is 10.9 Å². The molecule has 0 radical (unpaired) electrons. The minimum absolute atomic E-state index is 0.127. The van der Waals surface area contributed by atoms with E-state index in [0.717, 1.165) is 0 Å². The van der Waals surface area contributed by atoms with E-state index >= 15 is 0 Å². The second-order valence-corrected chi connectivity index (χ2v) is 8.49. The Morgan fingerprint density at radius 1 is 1.08 bits per heavy atom. The first-order valence-corrected chi connectivity index (χ1v) is 9.75. The molecule has 3 aromatic rings. The second kappa shape index (κ2) is 6.70. The Hall–Kier alpha value is -2.44. The van der Waals surface area contributed by atoms with Crippen molar-refractivity contribution in [3.63, 3.8) is 0 Å². The van der Waals surface area contributed by atoms with Gasteiger partial charge in [0, 0.05) is 16.6 Å². The Morgan fingerprint density at radius 2 is 1.77 bits per heavy atom. The van der Waals surface area contributed by atoms with E-state index in [2.05, 4.69) is 9.71 Å². The molecule has 0 aliphatic heterocycles. The fourth-order valence-electron chi connectivity index (χ4n) is 2.62. The van der Waals surface area contributed by atoms with Crippen molar-refractivity contribution < 1.29 is 13.2 Å². The van der Waals surface area contributed by atoms with Crippen LogP contribution in [0.15, 0.2) is 65.7 Å². The smallest absolute Gasteiger partial charge is 0.266 e. The third-order valence-corrected chi connectivity index (χ3v) is 5.78. The highest BCUT2D eigenvalue weighted by molar-refractivity contribution is 7.90. The lowest BCUT2D eigenvalue weighted by atomic mass is 9.84. The summed E-state index contributed by atoms with van der Waals surface area (Å²) in [6, 6.07) is 15.3. The van der Waals surface area contributed by atoms with Crippen molar-refractivity contribution in [2.75, 3.05) is 0 Å². The SMILES string of the molecule is CC(C)(C(=O)NS(=O)(=O)c1cc(Cl)cc2cccnc12)c1ccccc1. The molecule has 1 heterocycles. The van der Waals surface area contributed by atoms with Gasteiger partial charge in [-0.05, 0) is 37.6 Å². The lowest BCUT2D eigenvalue weighted by molar-refractivity contribution is -0.123. The van der Waals surface area contributed by atoms with E-state index in [1.165, 1.54) is 12.3 Å². The van der Waals surface area contributed by atoms with E-state index in [0.29, 0.717) is 10.9 Å². The summed E-state index contributed by atoms with van der Waals surface area (Å²) in [6.07, 6.45) is 1.49. The number of carbonyl (C=O) groups excluding carboxylic acids is 1. The average molecular weight is 389 g/mol. The zero-order valence-corrected chi connectivity index (χ0v) is 15.8. The zero-order valence-electron chi connectivity index (χ0n) is 14.2. The fourth-order valence-corrected chi connectivity index (χ4v) is 4.23. The molecule has 0 unspecified atom stereocenters. The van der Waals surface area contributed by atoms with Gasteiger partial charge in [-0.3, -0.25) is 9.78 Å². The Balaban J connectivity index is 2.01. The topological polar surface area (TPSA) is 76.1 Å². The summed E-state index contributed by atoms with van der Waals surface area (Å²) in [7, 11) is -4.15. The number of hydrogen-bond donors (Lipinski definition) is 1. The van der Waals surface area contributed by atoms with Crippen LogP contribution >= 0.6 is 11.6 Å². The number of nitrogens with zero attached hydrogens (tertiary/aromatic N) is 1. The van der Waals surface area contributed by atoms with E-state index in [1.807, 2.05) is 6.07 Å². The van der Waals surface area contributed by atoms with Gasteiger partial charge in [0.15, 0.2) is 0 Å². The van der Waals surface area contributed by atoms with Gasteiger partial charge < -0.3 is 0 Å². The summed E-state index contributed by atoms with van der Waals surface area (Å²) < 4.78 is 27.9. The Bertz CT molecular complexity index is 1080. The standard InChI is InChI=1S/C19H17ClN2O3S/c1-19(2,14-8-4-3-5-9-14)18(23)22-26(24,25)16-12-15(20)11-13-7-6-10-21-17(13)16/h3-12H,1-2H3,(H,22,23). The van der Waals surface area contributed by atoms with Crippen molar-refractivity contribution in [3.8, 4) is 0 Å². The van der Waals surface area contributed by atoms with E-state index in [4.69, 9.17) is 11.6 Å². The molecular weight excluding hydrogens is 372 g/mol. The molecule has 1 amide bonds. The van der Waals surface area contributed by atoms with Crippen molar-refractivity contribution in [2.24, 2.45) is 0 Å². The molecule has 0 bridgehead atoms. The van der Waals surface area contributed by atoms with Crippen LogP contribution in [0.2, 0.25) is 5.02 Å². The molecule has 1 aromatic heterocycles. The number of nitrogens with one attached hydrogen (secondary N) is 1. The first kappa shape index (κ1) is 18.4. The Kier molecular flexibility index (Phi) is 4.73. The fraction of sp³-hybridized carbons (Fsp3) is 0.158. The number of pyridine rings is 1. The van der Waals surface area contributed by atoms with Crippen LogP contribution in [-0.4, -0.2) is 19.3 Å². The van der Waals surface area contributed by atoms with Crippen LogP contribution in [0.5, 0.6) is 0 Å². The van der Waals surface area contributed by atoms with Gasteiger partial charge in [0.25, 0.3) is 10.0 Å². The van der Waals surface area contributed by atoms with Gasteiger partial charge in [0.1, 0.15) is 4.90 Å². The number of carbonyl (C=O) groups is 1. The molecule has 3 rings (SSSR count). The second-order valence-electron chi connectivity index (χ2n) is 6.40. The maximum atomic E-state index is 12.9. The lowest BCUT2D eigenvalue weighted by Gasteiger charge is -2.24. The number of rotatable bonds is 4. The molecule has 0 saturated heterocycles. The van der Waals surface area contributed by atoms with Crippen LogP contribution in [0.1, 0.15) is 19.4 Å². The molecule has 2 aromatic carbocycles. The number of hydrogen-bond acceptors (Lipinski definition) is 4. The number of fused-ring (bicyclic) bond motifs is 1. The highest BCUT2D eigenvalue weighted by Gasteiger charge is 2.33. The molecule has 0 aliphatic carbocycles. The van der Waals surface area contributed by atoms with Crippen molar-refractivity contribution in [1.82, 2.24) is 9.71 Å². The maximum absolute atomic E-state index is 12.9. The molecule has 1 N–H and O–H groups in total. The van der Waals surface area contributed by atoms with Crippen LogP contribution in [-0.2, 0) is 20.2 Å². The Morgan fingerprint density at radius 3 is 2.46 bits per heavy atom. The van der Waals surface area contributed by atoms with Crippen molar-refractivity contribution in [1.29, 1.82) is 0 Å². The van der Waals surface area contributed by atoms with Crippen molar-refractivity contribution >= 4 is 38.4 Å². The maximum Gasteiger partial charge on any atom is 0.266 e. The quantitative estimate of drug-likeness (QED) is 0.739. The summed E-state index contributed by atoms with van der Waals surface area (Å²) in [5, 5.41) is 0.829. The first-order chi connectivity index (χ1) is 12.2. The van der Waals surface area contributed by atoms with Gasteiger partial charge in [0.05, 0.1) is 10.9 Å². The molecule has 0 fully saturated rings. The number of sulfonamides is 1. The molecule has 0 aliphatic rings. The molecule has 7 heteroatoms. The van der Waals surface area contributed by atoms with Gasteiger partial charge in [-0.2, -0.15) is 0 Å². The lowest BCUT2D eigenvalue weighted by Crippen LogP contribution is -2.43. The van der Waals surface area contributed by atoms with E-state index in [-0.39, 0.29) is 15.4 Å². The molecule has 0 spiro atoms. The van der Waals surface area contributed by atoms with Crippen LogP contribution < -0.4 is 4.72 Å². The summed E-state index contributed by atoms with van der Waals surface area (Å²) >= 11 is 6.05. The molecular formula is C19H17ClN2O3S. The number of halogens is 1. The predicted molar refractivity (Wildman–Crippen MR) is 102 cm³/mol. The van der Waals surface area contributed by atoms with Gasteiger partial charge in [0.2, 0.25) is 5.91 Å². The van der Waals surface area contributed by atoms with Crippen LogP contribution in [0.3, 0.4) is 0 Å². The Labute approximate surface area is 157 Å². The minimum atomic E-state index is -4.15. The highest BCUT2D eigenvalue weighted by atomic mass is 35.5. The molecule has 5 nitrogen and oxygen atoms in total. The van der Waals surface area contributed by atoms with E-state index < -0.39 is 21.3 Å². The average Bonchev–Trinajstić information content (AvgIpc) is 2.61. The summed E-state index contributed by atoms with van der Waals surface area (Å²) in [5.41, 5.74) is -0.0626. The van der Waals surface area contributed by atoms with Gasteiger partial charge in [-0.25, -0.2) is 13.1 Å². The third kappa shape index (κ3) is 3.43. The largest absolute Gasteiger partial charge is 0.273 e. The van der Waals surface area contributed by atoms with Gasteiger partial charge in [-0.1, -0.05) is 48.0 Å². The predicted octanol–water partition coefficient (Wildman–Crippen LogP) is 3.67. The highest BCUT2D eigenvalue weighted by Crippen LogP contribution is 2.28. The van der Waals surface area contributed by atoms with E-state index in [9.17, 15) is 13.2 Å². The monoisotopic (exact) mass is 388 g/mol. The molecule has 0 saturated carbocycles. The van der Waals surface area contributed by atoms with Crippen molar-refractivity contribution in [3.05, 3.63) is 71.4 Å². The van der Waals surface area contributed by atoms with Crippen molar-refractivity contribution in [2.45, 2.75) is 24.2 Å². The minimum Gasteiger partial charge on any atom is -0.273 e. The van der Waals surface area contributed by atoms with Crippen LogP contribution in [0.4, 0.5) is 0 Å². The summed E-state index contributed by atoms with van der Waals surface area (Å²) in [5.74, 6) is -0.632. The summed E-state index contributed by atoms with van der Waals surface area (Å²) in [4.78, 5) is 16.7. The van der Waals surface area contributed by atoms with E-state index in [1.54, 1.807) is 56.3 Å². The zero-order chi connectivity index (χ0) is 18.9. The molecule has 134 valence electrons. The number of aromatic nitrogens is 1. The van der Waals surface area contributed by atoms with Gasteiger partial charge >= 0.3 is 0 Å². The normalized spacial score (nSPS) is 12.1. The molecule has 0 atom stereocenters. The third-order valence-electron chi connectivity index (χ3n) is 4.21. The van der Waals surface area contributed by atoms with Crippen LogP contribution in [0, 0.1) is 0 Å². The number of benzene rings is 2. The molecule has 26 heavy (non-hydrogen) atoms. The first-order valence-electron chi connectivity index (χ1n) is 7.89. The number of amides is 1.